The first-order valence-corrected chi connectivity index (χ1v) is 4.38. The van der Waals surface area contributed by atoms with Gasteiger partial charge in [0, 0.05) is 13.1 Å². The molecule has 7 heteroatoms. The zero-order valence-electron chi connectivity index (χ0n) is 8.36. The van der Waals surface area contributed by atoms with Crippen LogP contribution in [0.25, 0.3) is 0 Å². The fraction of sp³-hybridized carbons (Fsp3) is 0.375. The van der Waals surface area contributed by atoms with E-state index in [0.717, 1.165) is 0 Å². The molecular formula is C8H13N5O2. The summed E-state index contributed by atoms with van der Waals surface area (Å²) in [5.41, 5.74) is 4.79. The number of hydrogen-bond donors (Lipinski definition) is 3. The van der Waals surface area contributed by atoms with Crippen LogP contribution in [0.3, 0.4) is 0 Å². The van der Waals surface area contributed by atoms with Crippen molar-refractivity contribution in [3.63, 3.8) is 0 Å². The van der Waals surface area contributed by atoms with Crippen molar-refractivity contribution in [1.82, 2.24) is 9.97 Å². The van der Waals surface area contributed by atoms with Crippen LogP contribution in [0, 0.1) is 0 Å². The molecule has 0 radical (unpaired) electrons. The van der Waals surface area contributed by atoms with Crippen LogP contribution >= 0.6 is 0 Å². The lowest BCUT2D eigenvalue weighted by atomic mass is 10.5. The summed E-state index contributed by atoms with van der Waals surface area (Å²) < 4.78 is 4.54. The maximum atomic E-state index is 10.2. The lowest BCUT2D eigenvalue weighted by Crippen LogP contribution is -2.18. The SMILES string of the molecule is CNc1cc(NCCOC(N)=O)ncn1. The zero-order valence-corrected chi connectivity index (χ0v) is 8.36. The van der Waals surface area contributed by atoms with Crippen molar-refractivity contribution in [2.24, 2.45) is 5.73 Å². The summed E-state index contributed by atoms with van der Waals surface area (Å²) in [5, 5.41) is 5.83. The number of rotatable bonds is 5. The highest BCUT2D eigenvalue weighted by Crippen LogP contribution is 2.06. The first kappa shape index (κ1) is 11.0. The van der Waals surface area contributed by atoms with Gasteiger partial charge < -0.3 is 21.1 Å². The minimum absolute atomic E-state index is 0.203. The van der Waals surface area contributed by atoms with E-state index in [2.05, 4.69) is 25.3 Å². The number of nitrogens with two attached hydrogens (primary N) is 1. The lowest BCUT2D eigenvalue weighted by molar-refractivity contribution is 0.161. The summed E-state index contributed by atoms with van der Waals surface area (Å²) in [6.07, 6.45) is 0.652. The minimum Gasteiger partial charge on any atom is -0.448 e. The van der Waals surface area contributed by atoms with Gasteiger partial charge in [0.05, 0.1) is 6.54 Å². The molecule has 0 spiro atoms. The van der Waals surface area contributed by atoms with Crippen molar-refractivity contribution >= 4 is 17.7 Å². The van der Waals surface area contributed by atoms with E-state index in [4.69, 9.17) is 5.73 Å². The number of amides is 1. The number of carbonyl (C=O) groups is 1. The standard InChI is InChI=1S/C8H13N5O2/c1-10-6-4-7(13-5-12-6)11-2-3-15-8(9)14/h4-5H,2-3H2,1H3,(H2,9,14)(H2,10,11,12,13). The predicted molar refractivity (Wildman–Crippen MR) is 55.6 cm³/mol. The van der Waals surface area contributed by atoms with Gasteiger partial charge in [-0.3, -0.25) is 0 Å². The van der Waals surface area contributed by atoms with Gasteiger partial charge in [-0.2, -0.15) is 0 Å². The van der Waals surface area contributed by atoms with Gasteiger partial charge in [0.25, 0.3) is 0 Å². The molecule has 1 rings (SSSR count). The fourth-order valence-electron chi connectivity index (χ4n) is 0.921. The summed E-state index contributed by atoms with van der Waals surface area (Å²) in [4.78, 5) is 18.2. The molecule has 0 fully saturated rings. The molecule has 0 bridgehead atoms. The normalized spacial score (nSPS) is 9.40. The Morgan fingerprint density at radius 1 is 1.53 bits per heavy atom. The van der Waals surface area contributed by atoms with Crippen molar-refractivity contribution in [3.8, 4) is 0 Å². The highest BCUT2D eigenvalue weighted by atomic mass is 16.5. The van der Waals surface area contributed by atoms with Crippen molar-refractivity contribution in [2.75, 3.05) is 30.8 Å². The van der Waals surface area contributed by atoms with Crippen molar-refractivity contribution in [2.45, 2.75) is 0 Å². The molecule has 0 saturated heterocycles. The van der Waals surface area contributed by atoms with E-state index in [1.807, 2.05) is 0 Å². The molecule has 1 heterocycles. The molecule has 1 amide bonds. The minimum atomic E-state index is -0.782. The van der Waals surface area contributed by atoms with Gasteiger partial charge in [-0.25, -0.2) is 14.8 Å². The third kappa shape index (κ3) is 4.12. The Kier molecular flexibility index (Phi) is 4.14. The monoisotopic (exact) mass is 211 g/mol. The maximum Gasteiger partial charge on any atom is 0.404 e. The largest absolute Gasteiger partial charge is 0.448 e. The van der Waals surface area contributed by atoms with Gasteiger partial charge in [-0.1, -0.05) is 0 Å². The molecule has 0 unspecified atom stereocenters. The number of nitrogens with one attached hydrogen (secondary N) is 2. The zero-order chi connectivity index (χ0) is 11.1. The van der Waals surface area contributed by atoms with Crippen LogP contribution in [-0.4, -0.2) is 36.3 Å². The van der Waals surface area contributed by atoms with Crippen molar-refractivity contribution < 1.29 is 9.53 Å². The second-order valence-electron chi connectivity index (χ2n) is 2.63. The number of ether oxygens (including phenoxy) is 1. The Morgan fingerprint density at radius 2 is 2.27 bits per heavy atom. The average Bonchev–Trinajstić information content (AvgIpc) is 2.24. The summed E-state index contributed by atoms with van der Waals surface area (Å²) in [6.45, 7) is 0.650. The molecule has 15 heavy (non-hydrogen) atoms. The highest BCUT2D eigenvalue weighted by Gasteiger charge is 1.97. The number of anilines is 2. The fourth-order valence-corrected chi connectivity index (χ4v) is 0.921. The first-order chi connectivity index (χ1) is 7.22. The van der Waals surface area contributed by atoms with E-state index in [9.17, 15) is 4.79 Å². The number of aromatic nitrogens is 2. The summed E-state index contributed by atoms with van der Waals surface area (Å²) in [5.74, 6) is 1.37. The van der Waals surface area contributed by atoms with E-state index in [1.54, 1.807) is 13.1 Å². The molecular weight excluding hydrogens is 198 g/mol. The molecule has 0 aliphatic heterocycles. The number of primary amides is 1. The molecule has 7 nitrogen and oxygen atoms in total. The number of nitrogens with zero attached hydrogens (tertiary/aromatic N) is 2. The van der Waals surface area contributed by atoms with Gasteiger partial charge in [-0.05, 0) is 0 Å². The second kappa shape index (κ2) is 5.63. The molecule has 0 saturated carbocycles. The van der Waals surface area contributed by atoms with Crippen LogP contribution in [0.1, 0.15) is 0 Å². The third-order valence-electron chi connectivity index (χ3n) is 1.58. The average molecular weight is 211 g/mol. The topological polar surface area (TPSA) is 102 Å². The molecule has 4 N–H and O–H groups in total. The highest BCUT2D eigenvalue weighted by molar-refractivity contribution is 5.64. The Balaban J connectivity index is 2.33. The lowest BCUT2D eigenvalue weighted by Gasteiger charge is -2.06. The van der Waals surface area contributed by atoms with Crippen LogP contribution in [0.5, 0.6) is 0 Å². The quantitative estimate of drug-likeness (QED) is 0.593. The Bertz CT molecular complexity index is 331. The molecule has 0 aliphatic rings. The molecule has 82 valence electrons. The Labute approximate surface area is 87.0 Å². The molecule has 0 atom stereocenters. The first-order valence-electron chi connectivity index (χ1n) is 4.38. The van der Waals surface area contributed by atoms with E-state index in [0.29, 0.717) is 18.2 Å². The van der Waals surface area contributed by atoms with Crippen LogP contribution < -0.4 is 16.4 Å². The van der Waals surface area contributed by atoms with Crippen LogP contribution in [0.4, 0.5) is 16.4 Å². The van der Waals surface area contributed by atoms with E-state index >= 15 is 0 Å². The molecule has 0 aliphatic carbocycles. The summed E-state index contributed by atoms with van der Waals surface area (Å²) >= 11 is 0. The van der Waals surface area contributed by atoms with Crippen molar-refractivity contribution in [3.05, 3.63) is 12.4 Å². The van der Waals surface area contributed by atoms with E-state index in [-0.39, 0.29) is 6.61 Å². The molecule has 0 aromatic carbocycles. The number of hydrogen-bond acceptors (Lipinski definition) is 6. The maximum absolute atomic E-state index is 10.2. The van der Waals surface area contributed by atoms with Crippen LogP contribution in [0.15, 0.2) is 12.4 Å². The molecule has 1 aromatic heterocycles. The number of carbonyl (C=O) groups excluding carboxylic acids is 1. The van der Waals surface area contributed by atoms with Gasteiger partial charge >= 0.3 is 6.09 Å². The molecule has 1 aromatic rings. The second-order valence-corrected chi connectivity index (χ2v) is 2.63. The summed E-state index contributed by atoms with van der Waals surface area (Å²) in [7, 11) is 1.77. The van der Waals surface area contributed by atoms with E-state index < -0.39 is 6.09 Å². The van der Waals surface area contributed by atoms with Gasteiger partial charge in [0.2, 0.25) is 0 Å². The smallest absolute Gasteiger partial charge is 0.404 e. The van der Waals surface area contributed by atoms with E-state index in [1.165, 1.54) is 6.33 Å². The van der Waals surface area contributed by atoms with Crippen molar-refractivity contribution in [1.29, 1.82) is 0 Å². The van der Waals surface area contributed by atoms with Gasteiger partial charge in [-0.15, -0.1) is 0 Å². The van der Waals surface area contributed by atoms with Crippen LogP contribution in [-0.2, 0) is 4.74 Å². The van der Waals surface area contributed by atoms with Gasteiger partial charge in [0.15, 0.2) is 0 Å². The Hall–Kier alpha value is -2.05. The summed E-state index contributed by atoms with van der Waals surface area (Å²) in [6, 6.07) is 1.74. The predicted octanol–water partition coefficient (Wildman–Crippen LogP) is 0.0255. The Morgan fingerprint density at radius 3 is 2.93 bits per heavy atom. The van der Waals surface area contributed by atoms with Crippen LogP contribution in [0.2, 0.25) is 0 Å². The third-order valence-corrected chi connectivity index (χ3v) is 1.58. The van der Waals surface area contributed by atoms with Gasteiger partial charge in [0.1, 0.15) is 24.6 Å².